The number of hydrazine groups is 1. The molecule has 0 spiro atoms. The number of carbonyl (C=O) groups is 1. The Kier molecular flexibility index (Phi) is 3.78. The van der Waals surface area contributed by atoms with Gasteiger partial charge in [0.15, 0.2) is 4.99 Å². The van der Waals surface area contributed by atoms with Gasteiger partial charge in [-0.1, -0.05) is 12.2 Å². The van der Waals surface area contributed by atoms with Crippen LogP contribution in [0, 0.1) is 0 Å². The van der Waals surface area contributed by atoms with Crippen LogP contribution in [0.1, 0.15) is 13.8 Å². The van der Waals surface area contributed by atoms with Crippen molar-refractivity contribution in [3.8, 4) is 0 Å². The first-order valence-corrected chi connectivity index (χ1v) is 5.53. The second kappa shape index (κ2) is 4.54. The molecule has 0 aromatic carbocycles. The second-order valence-electron chi connectivity index (χ2n) is 4.80. The fourth-order valence-corrected chi connectivity index (χ4v) is 2.09. The Bertz CT molecular complexity index is 369. The first kappa shape index (κ1) is 15.0. The van der Waals surface area contributed by atoms with Crippen molar-refractivity contribution in [3.63, 3.8) is 0 Å². The minimum atomic E-state index is -4.67. The van der Waals surface area contributed by atoms with Crippen LogP contribution in [-0.2, 0) is 0 Å². The molecular weight excluding hydrogens is 269 g/mol. The molecule has 2 N–H and O–H groups in total. The van der Waals surface area contributed by atoms with Crippen LogP contribution in [0.3, 0.4) is 0 Å². The minimum absolute atomic E-state index is 0.592. The average Bonchev–Trinajstić information content (AvgIpc) is 2.34. The van der Waals surface area contributed by atoms with E-state index in [0.717, 1.165) is 5.01 Å². The zero-order chi connectivity index (χ0) is 14.3. The maximum absolute atomic E-state index is 12.4. The molecule has 5 nitrogen and oxygen atoms in total. The van der Waals surface area contributed by atoms with Gasteiger partial charge in [-0.25, -0.2) is 9.80 Å². The second-order valence-corrected chi connectivity index (χ2v) is 5.21. The Morgan fingerprint density at radius 3 is 2.39 bits per heavy atom. The molecule has 9 heteroatoms. The van der Waals surface area contributed by atoms with E-state index in [0.29, 0.717) is 0 Å². The van der Waals surface area contributed by atoms with Crippen molar-refractivity contribution in [2.45, 2.75) is 31.7 Å². The van der Waals surface area contributed by atoms with Crippen LogP contribution in [0.5, 0.6) is 0 Å². The van der Waals surface area contributed by atoms with Gasteiger partial charge >= 0.3 is 12.2 Å². The van der Waals surface area contributed by atoms with E-state index in [9.17, 15) is 18.0 Å². The maximum atomic E-state index is 12.4. The molecule has 0 aromatic rings. The predicted molar refractivity (Wildman–Crippen MR) is 63.7 cm³/mol. The number of thiocarbonyl (C=S) groups is 1. The van der Waals surface area contributed by atoms with Gasteiger partial charge in [-0.15, -0.1) is 0 Å². The molecule has 1 rings (SSSR count). The van der Waals surface area contributed by atoms with Crippen LogP contribution in [0.2, 0.25) is 0 Å². The third kappa shape index (κ3) is 2.83. The molecule has 0 aromatic heterocycles. The Morgan fingerprint density at radius 2 is 2.00 bits per heavy atom. The van der Waals surface area contributed by atoms with Gasteiger partial charge in [0, 0.05) is 0 Å². The molecule has 0 saturated carbocycles. The van der Waals surface area contributed by atoms with Crippen molar-refractivity contribution in [3.05, 3.63) is 0 Å². The summed E-state index contributed by atoms with van der Waals surface area (Å²) in [5.74, 6) is 0. The number of likely N-dealkylation sites (N-methyl/N-ethyl adjacent to an activating group) is 1. The molecule has 1 fully saturated rings. The summed E-state index contributed by atoms with van der Waals surface area (Å²) >= 11 is 4.22. The van der Waals surface area contributed by atoms with E-state index in [1.54, 1.807) is 32.8 Å². The maximum Gasteiger partial charge on any atom is 0.443 e. The summed E-state index contributed by atoms with van der Waals surface area (Å²) in [5, 5.41) is 3.44. The highest BCUT2D eigenvalue weighted by Gasteiger charge is 2.49. The lowest BCUT2D eigenvalue weighted by Crippen LogP contribution is -2.58. The van der Waals surface area contributed by atoms with Gasteiger partial charge in [0.2, 0.25) is 0 Å². The molecular formula is C9H15F3N4OS. The lowest BCUT2D eigenvalue weighted by Gasteiger charge is -2.36. The molecule has 104 valence electrons. The summed E-state index contributed by atoms with van der Waals surface area (Å²) in [6, 6.07) is -0.648. The quantitative estimate of drug-likeness (QED) is 0.745. The number of carbonyl (C=O) groups excluding carboxylic acids is 1. The number of nitrogens with one attached hydrogen (secondary N) is 2. The Balaban J connectivity index is 2.93. The van der Waals surface area contributed by atoms with Crippen LogP contribution in [-0.4, -0.2) is 52.9 Å². The van der Waals surface area contributed by atoms with Gasteiger partial charge in [0.05, 0.1) is 5.54 Å². The van der Waals surface area contributed by atoms with E-state index in [1.807, 2.05) is 5.43 Å². The largest absolute Gasteiger partial charge is 0.443 e. The highest BCUT2D eigenvalue weighted by atomic mass is 32.1. The molecule has 0 aliphatic carbocycles. The fraction of sp³-hybridized carbons (Fsp3) is 0.778. The first-order valence-electron chi connectivity index (χ1n) is 5.12. The van der Waals surface area contributed by atoms with E-state index in [-0.39, 0.29) is 0 Å². The van der Waals surface area contributed by atoms with Gasteiger partial charge in [0.1, 0.15) is 6.17 Å². The van der Waals surface area contributed by atoms with E-state index < -0.39 is 28.9 Å². The van der Waals surface area contributed by atoms with Crippen LogP contribution in [0.4, 0.5) is 18.0 Å². The molecule has 18 heavy (non-hydrogen) atoms. The van der Waals surface area contributed by atoms with Gasteiger partial charge in [-0.2, -0.15) is 13.2 Å². The zero-order valence-electron chi connectivity index (χ0n) is 10.4. The number of hydrogen-bond acceptors (Lipinski definition) is 3. The molecule has 1 saturated heterocycles. The summed E-state index contributed by atoms with van der Waals surface area (Å²) < 4.78 is 37.1. The minimum Gasteiger partial charge on any atom is -0.328 e. The van der Waals surface area contributed by atoms with Gasteiger partial charge in [-0.05, 0) is 27.9 Å². The standard InChI is InChI=1S/C9H15F3N4OS/c1-8(2)6(15(3)4)16(7(17)13-8)14-5(18)9(10,11)12/h6H,1-4H3,(H,13,17)(H,14,18)/t6-/m1/s1. The summed E-state index contributed by atoms with van der Waals surface area (Å²) in [7, 11) is 3.33. The molecule has 2 amide bonds. The van der Waals surface area contributed by atoms with Crippen molar-refractivity contribution >= 4 is 23.2 Å². The van der Waals surface area contributed by atoms with Crippen molar-refractivity contribution < 1.29 is 18.0 Å². The van der Waals surface area contributed by atoms with E-state index in [2.05, 4.69) is 17.5 Å². The predicted octanol–water partition coefficient (Wildman–Crippen LogP) is 1.07. The molecule has 0 bridgehead atoms. The number of alkyl halides is 3. The lowest BCUT2D eigenvalue weighted by molar-refractivity contribution is -0.0637. The third-order valence-electron chi connectivity index (χ3n) is 2.51. The van der Waals surface area contributed by atoms with E-state index >= 15 is 0 Å². The summed E-state index contributed by atoms with van der Waals surface area (Å²) in [6.45, 7) is 3.43. The summed E-state index contributed by atoms with van der Waals surface area (Å²) in [6.07, 6.45) is -5.26. The van der Waals surface area contributed by atoms with Gasteiger partial charge in [0.25, 0.3) is 0 Å². The van der Waals surface area contributed by atoms with Crippen LogP contribution in [0.15, 0.2) is 0 Å². The molecule has 1 atom stereocenters. The van der Waals surface area contributed by atoms with Gasteiger partial charge < -0.3 is 5.32 Å². The lowest BCUT2D eigenvalue weighted by atomic mass is 10.0. The fourth-order valence-electron chi connectivity index (χ4n) is 2.00. The third-order valence-corrected chi connectivity index (χ3v) is 2.83. The monoisotopic (exact) mass is 284 g/mol. The smallest absolute Gasteiger partial charge is 0.328 e. The number of rotatable bonds is 2. The first-order chi connectivity index (χ1) is 7.97. The van der Waals surface area contributed by atoms with Crippen LogP contribution in [0.25, 0.3) is 0 Å². The van der Waals surface area contributed by atoms with Crippen molar-refractivity contribution in [2.75, 3.05) is 14.1 Å². The SMILES string of the molecule is CN(C)[C@@H]1N(NC(=S)C(F)(F)F)C(=O)NC1(C)C. The molecule has 1 heterocycles. The van der Waals surface area contributed by atoms with Crippen molar-refractivity contribution in [1.29, 1.82) is 0 Å². The number of nitrogens with zero attached hydrogens (tertiary/aromatic N) is 2. The van der Waals surface area contributed by atoms with Crippen LogP contribution >= 0.6 is 12.2 Å². The molecule has 1 aliphatic rings. The van der Waals surface area contributed by atoms with Crippen molar-refractivity contribution in [2.24, 2.45) is 0 Å². The summed E-state index contributed by atoms with van der Waals surface area (Å²) in [4.78, 5) is 11.9. The summed E-state index contributed by atoms with van der Waals surface area (Å²) in [5.41, 5.74) is 1.24. The topological polar surface area (TPSA) is 47.6 Å². The Hall–Kier alpha value is -1.09. The molecule has 0 unspecified atom stereocenters. The van der Waals surface area contributed by atoms with Crippen molar-refractivity contribution in [1.82, 2.24) is 20.7 Å². The number of halogens is 3. The zero-order valence-corrected chi connectivity index (χ0v) is 11.2. The number of amides is 2. The number of hydrogen-bond donors (Lipinski definition) is 2. The molecule has 0 radical (unpaired) electrons. The highest BCUT2D eigenvalue weighted by molar-refractivity contribution is 7.80. The average molecular weight is 284 g/mol. The number of urea groups is 1. The highest BCUT2D eigenvalue weighted by Crippen LogP contribution is 2.24. The van der Waals surface area contributed by atoms with E-state index in [4.69, 9.17) is 0 Å². The van der Waals surface area contributed by atoms with E-state index in [1.165, 1.54) is 0 Å². The normalized spacial score (nSPS) is 23.2. The Labute approximate surface area is 108 Å². The molecule has 1 aliphatic heterocycles. The van der Waals surface area contributed by atoms with Gasteiger partial charge in [-0.3, -0.25) is 10.3 Å². The Morgan fingerprint density at radius 1 is 1.50 bits per heavy atom. The van der Waals surface area contributed by atoms with Crippen LogP contribution < -0.4 is 10.7 Å².